The molecule has 0 bridgehead atoms. The van der Waals surface area contributed by atoms with Crippen LogP contribution in [0.2, 0.25) is 0 Å². The number of carbonyl (C=O) groups excluding carboxylic acids is 1. The summed E-state index contributed by atoms with van der Waals surface area (Å²) in [6, 6.07) is 3.88. The number of furan rings is 1. The summed E-state index contributed by atoms with van der Waals surface area (Å²) in [5, 5.41) is 6.63. The maximum absolute atomic E-state index is 12.3. The molecule has 0 radical (unpaired) electrons. The van der Waals surface area contributed by atoms with Gasteiger partial charge in [-0.15, -0.1) is 0 Å². The van der Waals surface area contributed by atoms with Gasteiger partial charge in [0, 0.05) is 25.3 Å². The third kappa shape index (κ3) is 3.21. The quantitative estimate of drug-likeness (QED) is 0.913. The van der Waals surface area contributed by atoms with Crippen molar-refractivity contribution in [2.75, 3.05) is 13.2 Å². The molecular weight excluding hydrogens is 322 g/mol. The van der Waals surface area contributed by atoms with E-state index in [0.717, 1.165) is 44.1 Å². The van der Waals surface area contributed by atoms with Crippen LogP contribution in [0.25, 0.3) is 0 Å². The van der Waals surface area contributed by atoms with Crippen LogP contribution in [0.4, 0.5) is 0 Å². The first kappa shape index (κ1) is 16.4. The molecule has 4 heterocycles. The van der Waals surface area contributed by atoms with Crippen LogP contribution in [0.1, 0.15) is 40.5 Å². The van der Waals surface area contributed by atoms with Crippen molar-refractivity contribution >= 4 is 5.91 Å². The van der Waals surface area contributed by atoms with Gasteiger partial charge >= 0.3 is 0 Å². The Morgan fingerprint density at radius 2 is 2.32 bits per heavy atom. The van der Waals surface area contributed by atoms with Gasteiger partial charge in [0.2, 0.25) is 5.76 Å². The highest BCUT2D eigenvalue weighted by molar-refractivity contribution is 5.91. The summed E-state index contributed by atoms with van der Waals surface area (Å²) in [5.41, 5.74) is 1.17. The molecule has 2 fully saturated rings. The van der Waals surface area contributed by atoms with Gasteiger partial charge in [-0.3, -0.25) is 9.69 Å². The number of nitrogens with zero attached hydrogens (tertiary/aromatic N) is 2. The molecule has 2 aliphatic heterocycles. The van der Waals surface area contributed by atoms with Crippen LogP contribution in [-0.2, 0) is 11.3 Å². The van der Waals surface area contributed by atoms with Gasteiger partial charge in [-0.2, -0.15) is 0 Å². The highest BCUT2D eigenvalue weighted by Crippen LogP contribution is 2.31. The number of rotatable bonds is 4. The van der Waals surface area contributed by atoms with Crippen LogP contribution in [0.3, 0.4) is 0 Å². The van der Waals surface area contributed by atoms with Crippen molar-refractivity contribution in [3.63, 3.8) is 0 Å². The lowest BCUT2D eigenvalue weighted by atomic mass is 10.0. The van der Waals surface area contributed by atoms with Crippen molar-refractivity contribution in [3.05, 3.63) is 41.2 Å². The van der Waals surface area contributed by atoms with E-state index >= 15 is 0 Å². The molecule has 7 nitrogen and oxygen atoms in total. The molecule has 2 aromatic heterocycles. The van der Waals surface area contributed by atoms with E-state index in [-0.39, 0.29) is 23.8 Å². The topological polar surface area (TPSA) is 80.7 Å². The molecule has 0 aromatic carbocycles. The van der Waals surface area contributed by atoms with Gasteiger partial charge < -0.3 is 19.0 Å². The molecule has 134 valence electrons. The van der Waals surface area contributed by atoms with Crippen molar-refractivity contribution in [2.45, 2.75) is 51.4 Å². The summed E-state index contributed by atoms with van der Waals surface area (Å²) >= 11 is 0. The van der Waals surface area contributed by atoms with Gasteiger partial charge in [0.15, 0.2) is 0 Å². The van der Waals surface area contributed by atoms with E-state index < -0.39 is 0 Å². The fourth-order valence-electron chi connectivity index (χ4n) is 3.86. The van der Waals surface area contributed by atoms with Crippen molar-refractivity contribution in [2.24, 2.45) is 0 Å². The zero-order valence-corrected chi connectivity index (χ0v) is 14.5. The minimum absolute atomic E-state index is 0.00206. The Morgan fingerprint density at radius 1 is 1.44 bits per heavy atom. The smallest absolute Gasteiger partial charge is 0.290 e. The minimum atomic E-state index is -0.248. The average molecular weight is 345 g/mol. The van der Waals surface area contributed by atoms with Crippen LogP contribution < -0.4 is 5.32 Å². The monoisotopic (exact) mass is 345 g/mol. The maximum atomic E-state index is 12.3. The third-order valence-electron chi connectivity index (χ3n) is 5.18. The molecule has 25 heavy (non-hydrogen) atoms. The molecule has 0 unspecified atom stereocenters. The van der Waals surface area contributed by atoms with Gasteiger partial charge in [-0.1, -0.05) is 5.16 Å². The Kier molecular flexibility index (Phi) is 4.35. The number of hydrogen-bond acceptors (Lipinski definition) is 6. The summed E-state index contributed by atoms with van der Waals surface area (Å²) in [7, 11) is 0. The summed E-state index contributed by atoms with van der Waals surface area (Å²) in [5.74, 6) is 1.90. The molecule has 2 saturated heterocycles. The predicted octanol–water partition coefficient (Wildman–Crippen LogP) is 2.05. The number of ether oxygens (including phenoxy) is 1. The van der Waals surface area contributed by atoms with E-state index in [1.54, 1.807) is 6.07 Å². The molecule has 1 N–H and O–H groups in total. The van der Waals surface area contributed by atoms with Crippen LogP contribution in [0, 0.1) is 13.8 Å². The largest absolute Gasteiger partial charge is 0.465 e. The summed E-state index contributed by atoms with van der Waals surface area (Å²) in [4.78, 5) is 14.7. The van der Waals surface area contributed by atoms with E-state index in [1.807, 2.05) is 6.92 Å². The minimum Gasteiger partial charge on any atom is -0.465 e. The number of nitrogens with one attached hydrogen (secondary N) is 1. The van der Waals surface area contributed by atoms with E-state index in [0.29, 0.717) is 6.04 Å². The van der Waals surface area contributed by atoms with Crippen molar-refractivity contribution in [3.8, 4) is 0 Å². The van der Waals surface area contributed by atoms with E-state index in [1.165, 1.54) is 11.8 Å². The van der Waals surface area contributed by atoms with Crippen LogP contribution in [0.5, 0.6) is 0 Å². The Labute approximate surface area is 146 Å². The Morgan fingerprint density at radius 3 is 3.04 bits per heavy atom. The first-order chi connectivity index (χ1) is 12.1. The normalized spacial score (nSPS) is 26.6. The second-order valence-electron chi connectivity index (χ2n) is 6.88. The number of hydrogen-bond donors (Lipinski definition) is 1. The number of carbonyl (C=O) groups is 1. The summed E-state index contributed by atoms with van der Waals surface area (Å²) in [6.07, 6.45) is 3.57. The van der Waals surface area contributed by atoms with Gasteiger partial charge in [0.1, 0.15) is 11.5 Å². The molecule has 2 aliphatic rings. The molecule has 0 aliphatic carbocycles. The lowest BCUT2D eigenvalue weighted by molar-refractivity contribution is -0.0220. The number of aryl methyl sites for hydroxylation is 2. The summed E-state index contributed by atoms with van der Waals surface area (Å²) in [6.45, 7) is 6.24. The van der Waals surface area contributed by atoms with Gasteiger partial charge in [0.05, 0.1) is 24.9 Å². The summed E-state index contributed by atoms with van der Waals surface area (Å²) < 4.78 is 16.8. The standard InChI is InChI=1S/C18H23N3O4/c1-11-8-13(24-12(11)2)9-21-10-14(17-15(21)4-3-7-23-17)20-18(22)16-5-6-19-25-16/h5-6,8,14-15,17H,3-4,7,9-10H2,1-2H3,(H,20,22)/t14-,15+,17+/m0/s1. The Hall–Kier alpha value is -2.12. The van der Waals surface area contributed by atoms with Crippen LogP contribution >= 0.6 is 0 Å². The fourth-order valence-corrected chi connectivity index (χ4v) is 3.86. The van der Waals surface area contributed by atoms with E-state index in [9.17, 15) is 4.79 Å². The molecule has 7 heteroatoms. The molecule has 1 amide bonds. The molecule has 0 spiro atoms. The fraction of sp³-hybridized carbons (Fsp3) is 0.556. The SMILES string of the molecule is Cc1cc(CN2C[C@H](NC(=O)c3ccno3)[C@H]3OCCC[C@H]32)oc1C. The zero-order valence-electron chi connectivity index (χ0n) is 14.5. The highest BCUT2D eigenvalue weighted by Gasteiger charge is 2.45. The zero-order chi connectivity index (χ0) is 17.4. The average Bonchev–Trinajstić information content (AvgIpc) is 3.30. The Balaban J connectivity index is 1.48. The predicted molar refractivity (Wildman–Crippen MR) is 89.1 cm³/mol. The first-order valence-electron chi connectivity index (χ1n) is 8.75. The van der Waals surface area contributed by atoms with Crippen molar-refractivity contribution in [1.29, 1.82) is 0 Å². The van der Waals surface area contributed by atoms with Gasteiger partial charge in [-0.25, -0.2) is 0 Å². The Bertz CT molecular complexity index is 720. The second kappa shape index (κ2) is 6.65. The van der Waals surface area contributed by atoms with Gasteiger partial charge in [0.25, 0.3) is 5.91 Å². The maximum Gasteiger partial charge on any atom is 0.290 e. The second-order valence-corrected chi connectivity index (χ2v) is 6.88. The lowest BCUT2D eigenvalue weighted by Crippen LogP contribution is -2.47. The van der Waals surface area contributed by atoms with Crippen molar-refractivity contribution in [1.82, 2.24) is 15.4 Å². The molecule has 0 saturated carbocycles. The molecule has 4 rings (SSSR count). The lowest BCUT2D eigenvalue weighted by Gasteiger charge is -2.32. The van der Waals surface area contributed by atoms with Crippen LogP contribution in [-0.4, -0.2) is 47.3 Å². The number of aromatic nitrogens is 1. The number of fused-ring (bicyclic) bond motifs is 1. The molecule has 2 aromatic rings. The highest BCUT2D eigenvalue weighted by atomic mass is 16.5. The van der Waals surface area contributed by atoms with Crippen molar-refractivity contribution < 1.29 is 18.5 Å². The van der Waals surface area contributed by atoms with Gasteiger partial charge in [-0.05, 0) is 38.3 Å². The first-order valence-corrected chi connectivity index (χ1v) is 8.75. The number of likely N-dealkylation sites (tertiary alicyclic amines) is 1. The van der Waals surface area contributed by atoms with E-state index in [2.05, 4.69) is 28.4 Å². The molecule has 3 atom stereocenters. The number of amides is 1. The van der Waals surface area contributed by atoms with Crippen LogP contribution in [0.15, 0.2) is 27.3 Å². The third-order valence-corrected chi connectivity index (χ3v) is 5.18. The molecular formula is C18H23N3O4. The van der Waals surface area contributed by atoms with E-state index in [4.69, 9.17) is 13.7 Å².